The Kier molecular flexibility index (Phi) is 5.70. The highest BCUT2D eigenvalue weighted by Crippen LogP contribution is 2.32. The maximum Gasteiger partial charge on any atom is 0.231 e. The van der Waals surface area contributed by atoms with Crippen LogP contribution in [0.1, 0.15) is 43.2 Å². The molecule has 0 N–H and O–H groups in total. The van der Waals surface area contributed by atoms with Crippen LogP contribution in [0.15, 0.2) is 47.0 Å². The van der Waals surface area contributed by atoms with E-state index in [2.05, 4.69) is 36.1 Å². The van der Waals surface area contributed by atoms with Gasteiger partial charge in [0, 0.05) is 32.0 Å². The van der Waals surface area contributed by atoms with Crippen LogP contribution in [0.25, 0.3) is 11.4 Å². The molecular weight excluding hydrogens is 382 g/mol. The Morgan fingerprint density at radius 2 is 1.87 bits per heavy atom. The molecule has 0 fully saturated rings. The number of nitrogens with zero attached hydrogens (tertiary/aromatic N) is 3. The Balaban J connectivity index is 1.31. The summed E-state index contributed by atoms with van der Waals surface area (Å²) in [6.45, 7) is 5.04. The number of carbonyl (C=O) groups excluding carboxylic acids is 1. The summed E-state index contributed by atoms with van der Waals surface area (Å²) in [5, 5.41) is 4.05. The molecule has 30 heavy (non-hydrogen) atoms. The van der Waals surface area contributed by atoms with Gasteiger partial charge in [0.1, 0.15) is 0 Å². The highest BCUT2D eigenvalue weighted by molar-refractivity contribution is 5.76. The highest BCUT2D eigenvalue weighted by atomic mass is 16.7. The molecule has 1 aliphatic rings. The fourth-order valence-electron chi connectivity index (χ4n) is 3.30. The zero-order valence-electron chi connectivity index (χ0n) is 17.4. The standard InChI is InChI=1S/C23H25N3O4/c1-15(2)17-5-7-18(8-6-17)23-24-21(30-25-23)10-11-22(27)26(3)13-16-4-9-19-20(12-16)29-14-28-19/h4-9,12,15H,10-11,13-14H2,1-3H3. The lowest BCUT2D eigenvalue weighted by atomic mass is 10.0. The van der Waals surface area contributed by atoms with Gasteiger partial charge in [-0.25, -0.2) is 0 Å². The molecule has 7 heteroatoms. The molecule has 3 aromatic rings. The zero-order valence-corrected chi connectivity index (χ0v) is 17.4. The minimum atomic E-state index is 0.00806. The molecule has 0 atom stereocenters. The van der Waals surface area contributed by atoms with Gasteiger partial charge in [0.05, 0.1) is 0 Å². The van der Waals surface area contributed by atoms with Crippen molar-refractivity contribution in [3.63, 3.8) is 0 Å². The van der Waals surface area contributed by atoms with Crippen molar-refractivity contribution in [2.24, 2.45) is 0 Å². The topological polar surface area (TPSA) is 77.7 Å². The molecule has 1 aromatic heterocycles. The summed E-state index contributed by atoms with van der Waals surface area (Å²) < 4.78 is 16.0. The van der Waals surface area contributed by atoms with E-state index in [0.717, 1.165) is 16.9 Å². The number of hydrogen-bond acceptors (Lipinski definition) is 6. The van der Waals surface area contributed by atoms with Crippen molar-refractivity contribution in [3.8, 4) is 22.9 Å². The van der Waals surface area contributed by atoms with Crippen LogP contribution in [0.3, 0.4) is 0 Å². The number of amides is 1. The highest BCUT2D eigenvalue weighted by Gasteiger charge is 2.17. The minimum Gasteiger partial charge on any atom is -0.454 e. The number of rotatable bonds is 7. The number of aromatic nitrogens is 2. The SMILES string of the molecule is CC(C)c1ccc(-c2noc(CCC(=O)N(C)Cc3ccc4c(c3)OCO4)n2)cc1. The Bertz CT molecular complexity index is 1030. The van der Waals surface area contributed by atoms with E-state index >= 15 is 0 Å². The minimum absolute atomic E-state index is 0.00806. The molecule has 0 saturated heterocycles. The van der Waals surface area contributed by atoms with E-state index < -0.39 is 0 Å². The van der Waals surface area contributed by atoms with Gasteiger partial charge < -0.3 is 18.9 Å². The average molecular weight is 407 g/mol. The Labute approximate surface area is 175 Å². The quantitative estimate of drug-likeness (QED) is 0.585. The van der Waals surface area contributed by atoms with Crippen LogP contribution in [-0.4, -0.2) is 34.8 Å². The molecular formula is C23H25N3O4. The van der Waals surface area contributed by atoms with Crippen LogP contribution in [0.5, 0.6) is 11.5 Å². The molecule has 0 saturated carbocycles. The fraction of sp³-hybridized carbons (Fsp3) is 0.348. The summed E-state index contributed by atoms with van der Waals surface area (Å²) in [6, 6.07) is 13.8. The number of hydrogen-bond donors (Lipinski definition) is 0. The third-order valence-corrected chi connectivity index (χ3v) is 5.14. The van der Waals surface area contributed by atoms with Gasteiger partial charge in [0.2, 0.25) is 24.4 Å². The maximum absolute atomic E-state index is 12.5. The predicted octanol–water partition coefficient (Wildman–Crippen LogP) is 4.18. The summed E-state index contributed by atoms with van der Waals surface area (Å²) in [5.41, 5.74) is 3.15. The lowest BCUT2D eigenvalue weighted by Crippen LogP contribution is -2.26. The maximum atomic E-state index is 12.5. The molecule has 0 aliphatic carbocycles. The van der Waals surface area contributed by atoms with E-state index in [9.17, 15) is 4.79 Å². The van der Waals surface area contributed by atoms with Gasteiger partial charge in [-0.3, -0.25) is 4.79 Å². The van der Waals surface area contributed by atoms with E-state index in [-0.39, 0.29) is 12.7 Å². The lowest BCUT2D eigenvalue weighted by molar-refractivity contribution is -0.130. The number of aryl methyl sites for hydroxylation is 1. The van der Waals surface area contributed by atoms with Gasteiger partial charge in [-0.05, 0) is 29.2 Å². The third kappa shape index (κ3) is 4.45. The van der Waals surface area contributed by atoms with Gasteiger partial charge in [0.15, 0.2) is 11.5 Å². The predicted molar refractivity (Wildman–Crippen MR) is 111 cm³/mol. The molecule has 0 unspecified atom stereocenters. The van der Waals surface area contributed by atoms with Crippen LogP contribution < -0.4 is 9.47 Å². The van der Waals surface area contributed by atoms with Crippen molar-refractivity contribution in [2.45, 2.75) is 39.2 Å². The van der Waals surface area contributed by atoms with E-state index in [1.54, 1.807) is 11.9 Å². The normalized spacial score (nSPS) is 12.4. The Hall–Kier alpha value is -3.35. The van der Waals surface area contributed by atoms with Crippen LogP contribution in [0.2, 0.25) is 0 Å². The first kappa shape index (κ1) is 19.9. The van der Waals surface area contributed by atoms with Gasteiger partial charge in [-0.15, -0.1) is 0 Å². The molecule has 1 aliphatic heterocycles. The van der Waals surface area contributed by atoms with Crippen LogP contribution in [0, 0.1) is 0 Å². The summed E-state index contributed by atoms with van der Waals surface area (Å²) in [4.78, 5) is 18.6. The number of carbonyl (C=O) groups is 1. The first-order valence-corrected chi connectivity index (χ1v) is 10.0. The van der Waals surface area contributed by atoms with Crippen molar-refractivity contribution in [3.05, 3.63) is 59.5 Å². The second kappa shape index (κ2) is 8.57. The van der Waals surface area contributed by atoms with E-state index in [4.69, 9.17) is 14.0 Å². The molecule has 0 bridgehead atoms. The van der Waals surface area contributed by atoms with Crippen molar-refractivity contribution in [1.82, 2.24) is 15.0 Å². The van der Waals surface area contributed by atoms with Crippen LogP contribution in [0.4, 0.5) is 0 Å². The van der Waals surface area contributed by atoms with Crippen LogP contribution >= 0.6 is 0 Å². The van der Waals surface area contributed by atoms with Crippen molar-refractivity contribution >= 4 is 5.91 Å². The smallest absolute Gasteiger partial charge is 0.231 e. The zero-order chi connectivity index (χ0) is 21.1. The van der Waals surface area contributed by atoms with E-state index in [1.165, 1.54) is 5.56 Å². The van der Waals surface area contributed by atoms with E-state index in [1.807, 2.05) is 30.3 Å². The monoisotopic (exact) mass is 407 g/mol. The summed E-state index contributed by atoms with van der Waals surface area (Å²) in [7, 11) is 1.78. The first-order chi connectivity index (χ1) is 14.5. The molecule has 0 spiro atoms. The number of fused-ring (bicyclic) bond motifs is 1. The third-order valence-electron chi connectivity index (χ3n) is 5.14. The average Bonchev–Trinajstić information content (AvgIpc) is 3.41. The molecule has 0 radical (unpaired) electrons. The lowest BCUT2D eigenvalue weighted by Gasteiger charge is -2.17. The molecule has 4 rings (SSSR count). The summed E-state index contributed by atoms with van der Waals surface area (Å²) in [5.74, 6) is 2.94. The Morgan fingerprint density at radius 1 is 1.10 bits per heavy atom. The van der Waals surface area contributed by atoms with Crippen LogP contribution in [-0.2, 0) is 17.8 Å². The molecule has 156 valence electrons. The second-order valence-corrected chi connectivity index (χ2v) is 7.73. The van der Waals surface area contributed by atoms with Crippen molar-refractivity contribution < 1.29 is 18.8 Å². The van der Waals surface area contributed by atoms with Gasteiger partial charge >= 0.3 is 0 Å². The summed E-state index contributed by atoms with van der Waals surface area (Å²) >= 11 is 0. The summed E-state index contributed by atoms with van der Waals surface area (Å²) in [6.07, 6.45) is 0.705. The number of ether oxygens (including phenoxy) is 2. The van der Waals surface area contributed by atoms with Gasteiger partial charge in [0.25, 0.3) is 0 Å². The van der Waals surface area contributed by atoms with Gasteiger partial charge in [-0.1, -0.05) is 49.3 Å². The Morgan fingerprint density at radius 3 is 2.63 bits per heavy atom. The van der Waals surface area contributed by atoms with E-state index in [0.29, 0.717) is 42.8 Å². The molecule has 7 nitrogen and oxygen atoms in total. The van der Waals surface area contributed by atoms with Crippen molar-refractivity contribution in [2.75, 3.05) is 13.8 Å². The molecule has 1 amide bonds. The fourth-order valence-corrected chi connectivity index (χ4v) is 3.30. The molecule has 2 heterocycles. The first-order valence-electron chi connectivity index (χ1n) is 10.0. The van der Waals surface area contributed by atoms with Crippen molar-refractivity contribution in [1.29, 1.82) is 0 Å². The number of benzene rings is 2. The van der Waals surface area contributed by atoms with Gasteiger partial charge in [-0.2, -0.15) is 4.98 Å². The molecule has 2 aromatic carbocycles. The largest absolute Gasteiger partial charge is 0.454 e. The second-order valence-electron chi connectivity index (χ2n) is 7.73.